The second-order valence-electron chi connectivity index (χ2n) is 2.56. The number of benzene rings is 1. The van der Waals surface area contributed by atoms with Gasteiger partial charge in [-0.15, -0.1) is 0 Å². The first kappa shape index (κ1) is 13.2. The van der Waals surface area contributed by atoms with Crippen molar-refractivity contribution in [3.63, 3.8) is 0 Å². The van der Waals surface area contributed by atoms with E-state index in [1.165, 1.54) is 0 Å². The zero-order valence-electron chi connectivity index (χ0n) is 6.83. The topological polar surface area (TPSA) is 17.1 Å². The molecular weight excluding hydrogens is 411 g/mol. The predicted octanol–water partition coefficient (Wildman–Crippen LogP) is 4.45. The van der Waals surface area contributed by atoms with Gasteiger partial charge in [0, 0.05) is 13.6 Å². The first-order valence-electron chi connectivity index (χ1n) is 3.50. The van der Waals surface area contributed by atoms with Crippen molar-refractivity contribution in [1.82, 2.24) is 0 Å². The average molecular weight is 413 g/mol. The van der Waals surface area contributed by atoms with Crippen molar-refractivity contribution in [3.05, 3.63) is 31.3 Å². The third kappa shape index (κ3) is 2.85. The molecule has 0 amide bonds. The van der Waals surface area contributed by atoms with E-state index in [0.717, 1.165) is 12.1 Å². The van der Waals surface area contributed by atoms with Crippen LogP contribution in [-0.4, -0.2) is 5.24 Å². The number of hydrogen-bond acceptors (Lipinski definition) is 1. The van der Waals surface area contributed by atoms with Crippen LogP contribution in [0.25, 0.3) is 0 Å². The van der Waals surface area contributed by atoms with Crippen molar-refractivity contribution in [1.29, 1.82) is 0 Å². The van der Waals surface area contributed by atoms with E-state index in [1.807, 2.05) is 0 Å². The molecule has 7 heteroatoms. The second-order valence-corrected chi connectivity index (χ2v) is 4.78. The van der Waals surface area contributed by atoms with E-state index in [1.54, 1.807) is 22.6 Å². The van der Waals surface area contributed by atoms with Crippen molar-refractivity contribution in [2.75, 3.05) is 0 Å². The summed E-state index contributed by atoms with van der Waals surface area (Å²) in [6, 6.07) is 1.88. The lowest BCUT2D eigenvalue weighted by Crippen LogP contribution is -2.08. The molecule has 1 rings (SSSR count). The normalized spacial score (nSPS) is 11.6. The summed E-state index contributed by atoms with van der Waals surface area (Å²) in [4.78, 5) is 10.8. The Labute approximate surface area is 110 Å². The summed E-state index contributed by atoms with van der Waals surface area (Å²) in [6.07, 6.45) is -4.45. The van der Waals surface area contributed by atoms with Crippen LogP contribution in [0, 0.1) is 3.57 Å². The molecule has 0 aromatic heterocycles. The van der Waals surface area contributed by atoms with E-state index in [9.17, 15) is 18.0 Å². The Morgan fingerprint density at radius 2 is 1.93 bits per heavy atom. The first-order chi connectivity index (χ1) is 6.75. The first-order valence-corrected chi connectivity index (χ1v) is 5.75. The highest BCUT2D eigenvalue weighted by Crippen LogP contribution is 2.38. The van der Waals surface area contributed by atoms with Gasteiger partial charge in [-0.2, -0.15) is 13.2 Å². The van der Waals surface area contributed by atoms with Gasteiger partial charge in [0.2, 0.25) is 0 Å². The van der Waals surface area contributed by atoms with E-state index >= 15 is 0 Å². The maximum Gasteiger partial charge on any atom is 0.417 e. The number of hydrogen-bond donors (Lipinski definition) is 0. The molecule has 0 atom stereocenters. The summed E-state index contributed by atoms with van der Waals surface area (Å²) in [6.45, 7) is 0. The zero-order chi connectivity index (χ0) is 11.8. The molecular formula is C8H2BrClF3IO. The number of rotatable bonds is 1. The van der Waals surface area contributed by atoms with E-state index < -0.39 is 17.0 Å². The molecule has 1 aromatic rings. The van der Waals surface area contributed by atoms with Gasteiger partial charge in [-0.1, -0.05) is 0 Å². The van der Waals surface area contributed by atoms with Gasteiger partial charge >= 0.3 is 6.18 Å². The molecule has 1 nitrogen and oxygen atoms in total. The highest BCUT2D eigenvalue weighted by Gasteiger charge is 2.34. The van der Waals surface area contributed by atoms with Gasteiger partial charge in [0.15, 0.2) is 0 Å². The lowest BCUT2D eigenvalue weighted by atomic mass is 10.1. The molecule has 0 saturated carbocycles. The van der Waals surface area contributed by atoms with Gasteiger partial charge < -0.3 is 0 Å². The van der Waals surface area contributed by atoms with Crippen molar-refractivity contribution >= 4 is 55.4 Å². The van der Waals surface area contributed by atoms with Crippen molar-refractivity contribution in [3.8, 4) is 0 Å². The van der Waals surface area contributed by atoms with Crippen LogP contribution in [0.3, 0.4) is 0 Å². The lowest BCUT2D eigenvalue weighted by Gasteiger charge is -2.11. The molecule has 0 heterocycles. The number of alkyl halides is 3. The molecule has 0 bridgehead atoms. The van der Waals surface area contributed by atoms with Crippen molar-refractivity contribution < 1.29 is 18.0 Å². The summed E-state index contributed by atoms with van der Waals surface area (Å²) >= 11 is 9.63. The van der Waals surface area contributed by atoms with Gasteiger partial charge in [0.05, 0.1) is 5.56 Å². The van der Waals surface area contributed by atoms with Gasteiger partial charge in [0.1, 0.15) is 0 Å². The number of carbonyl (C=O) groups excluding carboxylic acids is 1. The summed E-state index contributed by atoms with van der Waals surface area (Å²) in [5.74, 6) is 0. The highest BCUT2D eigenvalue weighted by molar-refractivity contribution is 14.1. The van der Waals surface area contributed by atoms with E-state index in [-0.39, 0.29) is 13.6 Å². The van der Waals surface area contributed by atoms with E-state index in [4.69, 9.17) is 11.6 Å². The fourth-order valence-electron chi connectivity index (χ4n) is 0.920. The standard InChI is InChI=1S/C8H2BrClF3IO/c9-5-4(8(11,12)13)2-1-3(6(5)14)7(10)15/h1-2H. The minimum Gasteiger partial charge on any atom is -0.276 e. The van der Waals surface area contributed by atoms with Crippen LogP contribution in [0.5, 0.6) is 0 Å². The van der Waals surface area contributed by atoms with Crippen molar-refractivity contribution in [2.45, 2.75) is 6.18 Å². The maximum absolute atomic E-state index is 12.4. The van der Waals surface area contributed by atoms with E-state index in [2.05, 4.69) is 15.9 Å². The molecule has 0 N–H and O–H groups in total. The van der Waals surface area contributed by atoms with Gasteiger partial charge in [-0.25, -0.2) is 0 Å². The highest BCUT2D eigenvalue weighted by atomic mass is 127. The predicted molar refractivity (Wildman–Crippen MR) is 62.0 cm³/mol. The molecule has 0 radical (unpaired) electrons. The lowest BCUT2D eigenvalue weighted by molar-refractivity contribution is -0.138. The Hall–Kier alpha value is 0.180. The largest absolute Gasteiger partial charge is 0.417 e. The van der Waals surface area contributed by atoms with Gasteiger partial charge in [-0.3, -0.25) is 4.79 Å². The zero-order valence-corrected chi connectivity index (χ0v) is 11.3. The Balaban J connectivity index is 3.41. The molecule has 15 heavy (non-hydrogen) atoms. The molecule has 82 valence electrons. The molecule has 0 aliphatic heterocycles. The minimum atomic E-state index is -4.45. The third-order valence-corrected chi connectivity index (χ3v) is 4.49. The Morgan fingerprint density at radius 1 is 1.40 bits per heavy atom. The van der Waals surface area contributed by atoms with Crippen LogP contribution >= 0.6 is 50.1 Å². The minimum absolute atomic E-state index is 0.0529. The summed E-state index contributed by atoms with van der Waals surface area (Å²) in [7, 11) is 0. The molecule has 0 aliphatic rings. The summed E-state index contributed by atoms with van der Waals surface area (Å²) in [5.41, 5.74) is -0.772. The molecule has 0 spiro atoms. The molecule has 1 aromatic carbocycles. The second kappa shape index (κ2) is 4.58. The molecule has 0 fully saturated rings. The summed E-state index contributed by atoms with van der Waals surface area (Å²) in [5, 5.41) is -0.783. The Kier molecular flexibility index (Phi) is 4.05. The van der Waals surface area contributed by atoms with Crippen LogP contribution in [0.4, 0.5) is 13.2 Å². The van der Waals surface area contributed by atoms with Gasteiger partial charge in [0.25, 0.3) is 5.24 Å². The Morgan fingerprint density at radius 3 is 2.33 bits per heavy atom. The fourth-order valence-corrected chi connectivity index (χ4v) is 2.52. The van der Waals surface area contributed by atoms with E-state index in [0.29, 0.717) is 0 Å². The summed E-state index contributed by atoms with van der Waals surface area (Å²) < 4.78 is 37.2. The molecule has 0 saturated heterocycles. The average Bonchev–Trinajstić information content (AvgIpc) is 2.06. The smallest absolute Gasteiger partial charge is 0.276 e. The number of halogens is 6. The van der Waals surface area contributed by atoms with Gasteiger partial charge in [-0.05, 0) is 62.3 Å². The third-order valence-electron chi connectivity index (χ3n) is 1.60. The maximum atomic E-state index is 12.4. The number of carbonyl (C=O) groups is 1. The SMILES string of the molecule is O=C(Cl)c1ccc(C(F)(F)F)c(Br)c1I. The van der Waals surface area contributed by atoms with Crippen molar-refractivity contribution in [2.24, 2.45) is 0 Å². The Bertz CT molecular complexity index is 419. The van der Waals surface area contributed by atoms with Crippen LogP contribution in [0.15, 0.2) is 16.6 Å². The van der Waals surface area contributed by atoms with Crippen LogP contribution in [-0.2, 0) is 6.18 Å². The van der Waals surface area contributed by atoms with Crippen LogP contribution in [0.2, 0.25) is 0 Å². The fraction of sp³-hybridized carbons (Fsp3) is 0.125. The van der Waals surface area contributed by atoms with Crippen LogP contribution < -0.4 is 0 Å². The quantitative estimate of drug-likeness (QED) is 0.491. The molecule has 0 unspecified atom stereocenters. The monoisotopic (exact) mass is 412 g/mol. The molecule has 0 aliphatic carbocycles. The van der Waals surface area contributed by atoms with Crippen LogP contribution in [0.1, 0.15) is 15.9 Å².